The van der Waals surface area contributed by atoms with E-state index < -0.39 is 29.4 Å². The largest absolute Gasteiger partial charge is 0.440 e. The smallest absolute Gasteiger partial charge is 0.416 e. The van der Waals surface area contributed by atoms with Crippen LogP contribution in [0.4, 0.5) is 26.3 Å². The number of hydrogen-bond donors (Lipinski definition) is 1. The molecule has 2 aliphatic rings. The fourth-order valence-corrected chi connectivity index (χ4v) is 4.60. The van der Waals surface area contributed by atoms with E-state index in [0.29, 0.717) is 17.7 Å². The number of ether oxygens (including phenoxy) is 1. The van der Waals surface area contributed by atoms with E-state index in [-0.39, 0.29) is 41.4 Å². The van der Waals surface area contributed by atoms with Crippen molar-refractivity contribution in [3.8, 4) is 6.07 Å². The average Bonchev–Trinajstić information content (AvgIpc) is 2.82. The van der Waals surface area contributed by atoms with Gasteiger partial charge >= 0.3 is 12.4 Å². The maximum Gasteiger partial charge on any atom is 0.416 e. The van der Waals surface area contributed by atoms with E-state index in [2.05, 4.69) is 0 Å². The van der Waals surface area contributed by atoms with Crippen molar-refractivity contribution in [3.63, 3.8) is 0 Å². The molecule has 4 rings (SSSR count). The molecule has 0 amide bonds. The number of nitrogens with zero attached hydrogens (tertiary/aromatic N) is 2. The highest BCUT2D eigenvalue weighted by molar-refractivity contribution is 5.65. The van der Waals surface area contributed by atoms with Crippen LogP contribution in [0.2, 0.25) is 0 Å². The molecule has 36 heavy (non-hydrogen) atoms. The number of allylic oxidation sites excluding steroid dienone is 1. The van der Waals surface area contributed by atoms with Gasteiger partial charge in [0.25, 0.3) is 0 Å². The normalized spacial score (nSPS) is 20.3. The second-order valence-electron chi connectivity index (χ2n) is 8.42. The summed E-state index contributed by atoms with van der Waals surface area (Å²) in [5.41, 5.74) is 4.41. The molecule has 2 aliphatic heterocycles. The molecule has 0 aliphatic carbocycles. The zero-order valence-electron chi connectivity index (χ0n) is 19.0. The highest BCUT2D eigenvalue weighted by Gasteiger charge is 2.42. The molecule has 0 bridgehead atoms. The van der Waals surface area contributed by atoms with E-state index in [9.17, 15) is 31.6 Å². The lowest BCUT2D eigenvalue weighted by Gasteiger charge is -2.38. The number of benzene rings is 2. The summed E-state index contributed by atoms with van der Waals surface area (Å²) in [5, 5.41) is 9.80. The van der Waals surface area contributed by atoms with Gasteiger partial charge in [0.05, 0.1) is 17.0 Å². The fourth-order valence-electron chi connectivity index (χ4n) is 4.60. The summed E-state index contributed by atoms with van der Waals surface area (Å²) in [5.74, 6) is -1.46. The van der Waals surface area contributed by atoms with Gasteiger partial charge in [-0.2, -0.15) is 31.6 Å². The lowest BCUT2D eigenvalue weighted by Crippen LogP contribution is -2.38. The third-order valence-corrected chi connectivity index (χ3v) is 6.23. The third kappa shape index (κ3) is 4.71. The predicted molar refractivity (Wildman–Crippen MR) is 121 cm³/mol. The quantitative estimate of drug-likeness (QED) is 0.505. The van der Waals surface area contributed by atoms with Gasteiger partial charge in [0, 0.05) is 18.7 Å². The minimum atomic E-state index is -4.70. The molecular weight excluding hydrogens is 484 g/mol. The summed E-state index contributed by atoms with van der Waals surface area (Å²) in [7, 11) is 0. The van der Waals surface area contributed by atoms with E-state index >= 15 is 0 Å². The number of rotatable bonds is 3. The molecule has 2 heterocycles. The van der Waals surface area contributed by atoms with Crippen molar-refractivity contribution in [2.24, 2.45) is 5.73 Å². The van der Waals surface area contributed by atoms with Gasteiger partial charge in [0.1, 0.15) is 17.4 Å². The van der Waals surface area contributed by atoms with Gasteiger partial charge in [-0.1, -0.05) is 43.3 Å². The topological polar surface area (TPSA) is 62.3 Å². The van der Waals surface area contributed by atoms with Crippen LogP contribution in [0.25, 0.3) is 6.08 Å². The summed E-state index contributed by atoms with van der Waals surface area (Å²) in [6.07, 6.45) is -8.00. The Morgan fingerprint density at radius 1 is 1.00 bits per heavy atom. The van der Waals surface area contributed by atoms with Crippen LogP contribution in [0, 0.1) is 11.3 Å². The number of likely N-dealkylation sites (N-methyl/N-ethyl adjacent to an activating group) is 1. The Bertz CT molecular complexity index is 1310. The summed E-state index contributed by atoms with van der Waals surface area (Å²) in [6, 6.07) is 11.8. The van der Waals surface area contributed by atoms with Gasteiger partial charge < -0.3 is 10.5 Å². The second kappa shape index (κ2) is 9.39. The van der Waals surface area contributed by atoms with Crippen LogP contribution in [-0.4, -0.2) is 24.5 Å². The Kier molecular flexibility index (Phi) is 6.62. The van der Waals surface area contributed by atoms with Gasteiger partial charge in [0.15, 0.2) is 0 Å². The van der Waals surface area contributed by atoms with Gasteiger partial charge in [-0.25, -0.2) is 0 Å². The molecule has 0 radical (unpaired) electrons. The molecule has 4 nitrogen and oxygen atoms in total. The van der Waals surface area contributed by atoms with Gasteiger partial charge in [-0.15, -0.1) is 0 Å². The van der Waals surface area contributed by atoms with Gasteiger partial charge in [-0.3, -0.25) is 4.90 Å². The van der Waals surface area contributed by atoms with Crippen molar-refractivity contribution in [1.29, 1.82) is 5.26 Å². The van der Waals surface area contributed by atoms with E-state index in [0.717, 1.165) is 12.1 Å². The number of alkyl halides is 6. The molecule has 2 N–H and O–H groups in total. The first kappa shape index (κ1) is 25.4. The van der Waals surface area contributed by atoms with Crippen molar-refractivity contribution >= 4 is 6.08 Å². The summed E-state index contributed by atoms with van der Waals surface area (Å²) in [4.78, 5) is 1.85. The Balaban J connectivity index is 1.96. The molecule has 0 saturated carbocycles. The number of nitrogens with two attached hydrogens (primary N) is 1. The van der Waals surface area contributed by atoms with Crippen molar-refractivity contribution in [2.45, 2.75) is 25.2 Å². The van der Waals surface area contributed by atoms with Crippen molar-refractivity contribution < 1.29 is 31.1 Å². The van der Waals surface area contributed by atoms with Crippen LogP contribution in [0.1, 0.15) is 35.1 Å². The monoisotopic (exact) mass is 505 g/mol. The molecule has 0 spiro atoms. The van der Waals surface area contributed by atoms with Crippen LogP contribution in [0.5, 0.6) is 0 Å². The zero-order valence-corrected chi connectivity index (χ0v) is 19.0. The number of hydrogen-bond acceptors (Lipinski definition) is 4. The maximum absolute atomic E-state index is 13.9. The predicted octanol–water partition coefficient (Wildman–Crippen LogP) is 6.21. The Labute approximate surface area is 203 Å². The highest BCUT2D eigenvalue weighted by Crippen LogP contribution is 2.47. The lowest BCUT2D eigenvalue weighted by molar-refractivity contribution is -0.138. The first-order chi connectivity index (χ1) is 17.0. The van der Waals surface area contributed by atoms with Crippen LogP contribution in [0.3, 0.4) is 0 Å². The fraction of sp³-hybridized carbons (Fsp3) is 0.269. The first-order valence-corrected chi connectivity index (χ1v) is 11.0. The summed E-state index contributed by atoms with van der Waals surface area (Å²) in [6.45, 7) is 2.62. The van der Waals surface area contributed by atoms with E-state index in [4.69, 9.17) is 10.5 Å². The molecule has 2 aromatic rings. The number of halogens is 6. The highest BCUT2D eigenvalue weighted by atomic mass is 19.4. The molecule has 0 aromatic heterocycles. The molecular formula is C26H21F6N3O. The van der Waals surface area contributed by atoms with Crippen LogP contribution >= 0.6 is 0 Å². The van der Waals surface area contributed by atoms with Gasteiger partial charge in [-0.05, 0) is 41.5 Å². The molecule has 0 fully saturated rings. The molecule has 1 atom stereocenters. The van der Waals surface area contributed by atoms with Gasteiger partial charge in [0.2, 0.25) is 5.88 Å². The SMILES string of the molecule is CCN1CC2=C(OC(N)=C(C#N)[C@@H]2c2ccccc2C(F)(F)F)/C(=C\c2ccccc2C(F)(F)F)C1. The molecule has 10 heteroatoms. The average molecular weight is 505 g/mol. The minimum Gasteiger partial charge on any atom is -0.440 e. The summed E-state index contributed by atoms with van der Waals surface area (Å²) >= 11 is 0. The van der Waals surface area contributed by atoms with Crippen molar-refractivity contribution in [3.05, 3.63) is 99.1 Å². The van der Waals surface area contributed by atoms with E-state index in [1.54, 1.807) is 0 Å². The molecule has 0 saturated heterocycles. The van der Waals surface area contributed by atoms with E-state index in [1.165, 1.54) is 42.5 Å². The van der Waals surface area contributed by atoms with E-state index in [1.807, 2.05) is 17.9 Å². The Hall–Kier alpha value is -3.71. The lowest BCUT2D eigenvalue weighted by atomic mass is 9.78. The van der Waals surface area contributed by atoms with Crippen LogP contribution < -0.4 is 5.73 Å². The molecule has 188 valence electrons. The zero-order chi connectivity index (χ0) is 26.3. The third-order valence-electron chi connectivity index (χ3n) is 6.23. The molecule has 2 aromatic carbocycles. The Morgan fingerprint density at radius 3 is 2.22 bits per heavy atom. The first-order valence-electron chi connectivity index (χ1n) is 11.0. The second-order valence-corrected chi connectivity index (χ2v) is 8.42. The maximum atomic E-state index is 13.9. The molecule has 0 unspecified atom stereocenters. The van der Waals surface area contributed by atoms with Crippen molar-refractivity contribution in [2.75, 3.05) is 19.6 Å². The minimum absolute atomic E-state index is 0.0927. The summed E-state index contributed by atoms with van der Waals surface area (Å²) < 4.78 is 88.3. The Morgan fingerprint density at radius 2 is 1.61 bits per heavy atom. The van der Waals surface area contributed by atoms with Crippen molar-refractivity contribution in [1.82, 2.24) is 4.90 Å². The number of nitriles is 1. The van der Waals surface area contributed by atoms with Crippen LogP contribution in [0.15, 0.2) is 76.9 Å². The van der Waals surface area contributed by atoms with Crippen LogP contribution in [-0.2, 0) is 17.1 Å². The standard InChI is InChI=1S/C26H21F6N3O/c1-2-35-13-16(11-15-7-3-5-9-20(15)25(27,28)29)23-19(14-35)22(18(12-33)24(34)36-23)17-8-4-6-10-21(17)26(30,31)32/h3-11,22H,2,13-14,34H2,1H3/b16-11-/t22-/m0/s1.